The number of nitrogens with two attached hydrogens (primary N) is 1. The molecule has 1 fully saturated rings. The van der Waals surface area contributed by atoms with Gasteiger partial charge < -0.3 is 0 Å². The maximum Gasteiger partial charge on any atom is 0.333 e. The molecule has 0 aromatic heterocycles. The molecule has 0 bridgehead atoms. The molecule has 1 saturated carbocycles. The van der Waals surface area contributed by atoms with Crippen LogP contribution in [0.3, 0.4) is 0 Å². The van der Waals surface area contributed by atoms with E-state index in [1.54, 1.807) is 0 Å². The van der Waals surface area contributed by atoms with E-state index in [1.807, 2.05) is 6.92 Å². The molecule has 2 N–H and O–H groups in total. The quantitative estimate of drug-likeness (QED) is 0.687. The second-order valence-electron chi connectivity index (χ2n) is 2.97. The van der Waals surface area contributed by atoms with Crippen LogP contribution < -0.4 is 5.14 Å². The molecule has 5 heteroatoms. The van der Waals surface area contributed by atoms with Crippen LogP contribution in [0.1, 0.15) is 32.6 Å². The minimum Gasteiger partial charge on any atom is -0.252 e. The van der Waals surface area contributed by atoms with Gasteiger partial charge in [-0.1, -0.05) is 6.92 Å². The fraction of sp³-hybridized carbons (Fsp3) is 1.00. The van der Waals surface area contributed by atoms with E-state index in [-0.39, 0.29) is 0 Å². The van der Waals surface area contributed by atoms with Crippen molar-refractivity contribution in [2.45, 2.75) is 38.2 Å². The maximum atomic E-state index is 10.6. The van der Waals surface area contributed by atoms with Crippen LogP contribution >= 0.6 is 0 Å². The van der Waals surface area contributed by atoms with E-state index in [0.29, 0.717) is 6.42 Å². The van der Waals surface area contributed by atoms with Crippen LogP contribution in [-0.4, -0.2) is 14.0 Å². The fourth-order valence-electron chi connectivity index (χ4n) is 1.31. The van der Waals surface area contributed by atoms with Crippen molar-refractivity contribution in [2.75, 3.05) is 0 Å². The van der Waals surface area contributed by atoms with E-state index in [9.17, 15) is 8.42 Å². The monoisotopic (exact) mass is 179 g/mol. The van der Waals surface area contributed by atoms with Crippen molar-refractivity contribution < 1.29 is 12.6 Å². The van der Waals surface area contributed by atoms with Crippen LogP contribution in [0.4, 0.5) is 0 Å². The van der Waals surface area contributed by atoms with Crippen LogP contribution in [-0.2, 0) is 14.5 Å². The average molecular weight is 179 g/mol. The van der Waals surface area contributed by atoms with Crippen molar-refractivity contribution >= 4 is 10.3 Å². The lowest BCUT2D eigenvalue weighted by atomic mass is 9.78. The zero-order chi connectivity index (χ0) is 8.54. The molecule has 0 aromatic rings. The lowest BCUT2D eigenvalue weighted by molar-refractivity contribution is -0.00412. The molecule has 0 aromatic carbocycles. The maximum absolute atomic E-state index is 10.6. The van der Waals surface area contributed by atoms with E-state index in [1.165, 1.54) is 0 Å². The molecule has 0 radical (unpaired) electrons. The Kier molecular flexibility index (Phi) is 2.22. The van der Waals surface area contributed by atoms with E-state index < -0.39 is 15.9 Å². The highest BCUT2D eigenvalue weighted by Crippen LogP contribution is 2.38. The molecular formula is C6H13NO3S. The van der Waals surface area contributed by atoms with Gasteiger partial charge in [-0.15, -0.1) is 0 Å². The van der Waals surface area contributed by atoms with Crippen molar-refractivity contribution in [3.8, 4) is 0 Å². The Morgan fingerprint density at radius 2 is 2.09 bits per heavy atom. The van der Waals surface area contributed by atoms with Crippen LogP contribution in [0, 0.1) is 0 Å². The summed E-state index contributed by atoms with van der Waals surface area (Å²) in [5.41, 5.74) is -0.465. The number of rotatable bonds is 3. The minimum absolute atomic E-state index is 0.465. The minimum atomic E-state index is -3.75. The molecule has 0 atom stereocenters. The van der Waals surface area contributed by atoms with Crippen LogP contribution in [0.25, 0.3) is 0 Å². The summed E-state index contributed by atoms with van der Waals surface area (Å²) in [6.07, 6.45) is 3.35. The molecule has 1 aliphatic carbocycles. The Hall–Kier alpha value is -0.130. The predicted molar refractivity (Wildman–Crippen MR) is 41.1 cm³/mol. The first-order valence-corrected chi connectivity index (χ1v) is 5.18. The third kappa shape index (κ3) is 2.15. The van der Waals surface area contributed by atoms with Crippen molar-refractivity contribution in [2.24, 2.45) is 5.14 Å². The summed E-state index contributed by atoms with van der Waals surface area (Å²) < 4.78 is 25.9. The van der Waals surface area contributed by atoms with Gasteiger partial charge in [-0.25, -0.2) is 5.14 Å². The van der Waals surface area contributed by atoms with Crippen LogP contribution in [0.2, 0.25) is 0 Å². The fourth-order valence-corrected chi connectivity index (χ4v) is 2.09. The summed E-state index contributed by atoms with van der Waals surface area (Å²) in [7, 11) is -3.75. The smallest absolute Gasteiger partial charge is 0.252 e. The van der Waals surface area contributed by atoms with Gasteiger partial charge in [-0.3, -0.25) is 4.18 Å². The lowest BCUT2D eigenvalue weighted by Crippen LogP contribution is -2.42. The molecular weight excluding hydrogens is 166 g/mol. The lowest BCUT2D eigenvalue weighted by Gasteiger charge is -2.38. The number of hydrogen-bond donors (Lipinski definition) is 1. The molecule has 66 valence electrons. The SMILES string of the molecule is CCC1(OS(N)(=O)=O)CCC1. The molecule has 0 spiro atoms. The Bertz CT molecular complexity index is 225. The van der Waals surface area contributed by atoms with Crippen LogP contribution in [0.15, 0.2) is 0 Å². The molecule has 0 aliphatic heterocycles. The summed E-state index contributed by atoms with van der Waals surface area (Å²) in [6, 6.07) is 0. The van der Waals surface area contributed by atoms with E-state index in [4.69, 9.17) is 9.32 Å². The largest absolute Gasteiger partial charge is 0.333 e. The molecule has 1 aliphatic rings. The first kappa shape index (κ1) is 8.96. The molecule has 4 nitrogen and oxygen atoms in total. The average Bonchev–Trinajstić information content (AvgIpc) is 1.77. The molecule has 1 rings (SSSR count). The van der Waals surface area contributed by atoms with Gasteiger partial charge in [0.15, 0.2) is 0 Å². The molecule has 0 saturated heterocycles. The first-order valence-electron chi connectivity index (χ1n) is 3.71. The summed E-state index contributed by atoms with van der Waals surface area (Å²) >= 11 is 0. The summed E-state index contributed by atoms with van der Waals surface area (Å²) in [5, 5.41) is 4.76. The van der Waals surface area contributed by atoms with E-state index >= 15 is 0 Å². The van der Waals surface area contributed by atoms with Gasteiger partial charge in [0.25, 0.3) is 0 Å². The summed E-state index contributed by atoms with van der Waals surface area (Å²) in [5.74, 6) is 0. The van der Waals surface area contributed by atoms with E-state index in [2.05, 4.69) is 0 Å². The van der Waals surface area contributed by atoms with Gasteiger partial charge in [0.2, 0.25) is 0 Å². The van der Waals surface area contributed by atoms with Crippen molar-refractivity contribution in [3.63, 3.8) is 0 Å². The topological polar surface area (TPSA) is 69.4 Å². The molecule has 0 heterocycles. The normalized spacial score (nSPS) is 22.7. The summed E-state index contributed by atoms with van der Waals surface area (Å²) in [4.78, 5) is 0. The van der Waals surface area contributed by atoms with Crippen molar-refractivity contribution in [3.05, 3.63) is 0 Å². The van der Waals surface area contributed by atoms with Gasteiger partial charge in [0.05, 0.1) is 5.60 Å². The Morgan fingerprint density at radius 3 is 2.18 bits per heavy atom. The molecule has 0 unspecified atom stereocenters. The molecule has 11 heavy (non-hydrogen) atoms. The third-order valence-electron chi connectivity index (χ3n) is 2.20. The second-order valence-corrected chi connectivity index (χ2v) is 4.12. The van der Waals surface area contributed by atoms with Crippen molar-refractivity contribution in [1.82, 2.24) is 0 Å². The zero-order valence-electron chi connectivity index (χ0n) is 6.54. The van der Waals surface area contributed by atoms with E-state index in [0.717, 1.165) is 19.3 Å². The third-order valence-corrected chi connectivity index (χ3v) is 2.79. The summed E-state index contributed by atoms with van der Waals surface area (Å²) in [6.45, 7) is 1.91. The predicted octanol–water partition coefficient (Wildman–Crippen LogP) is 0.539. The first-order chi connectivity index (χ1) is 4.97. The van der Waals surface area contributed by atoms with Gasteiger partial charge in [-0.2, -0.15) is 8.42 Å². The Morgan fingerprint density at radius 1 is 1.55 bits per heavy atom. The Labute approximate surface area is 67.0 Å². The van der Waals surface area contributed by atoms with Gasteiger partial charge >= 0.3 is 10.3 Å². The zero-order valence-corrected chi connectivity index (χ0v) is 7.36. The second kappa shape index (κ2) is 2.73. The van der Waals surface area contributed by atoms with Gasteiger partial charge in [-0.05, 0) is 25.7 Å². The van der Waals surface area contributed by atoms with Gasteiger partial charge in [0, 0.05) is 0 Å². The highest BCUT2D eigenvalue weighted by atomic mass is 32.2. The standard InChI is InChI=1S/C6H13NO3S/c1-2-6(4-3-5-6)10-11(7,8)9/h2-5H2,1H3,(H2,7,8,9). The number of hydrogen-bond acceptors (Lipinski definition) is 3. The Balaban J connectivity index is 2.59. The van der Waals surface area contributed by atoms with Gasteiger partial charge in [0.1, 0.15) is 0 Å². The highest BCUT2D eigenvalue weighted by Gasteiger charge is 2.39. The van der Waals surface area contributed by atoms with Crippen LogP contribution in [0.5, 0.6) is 0 Å². The van der Waals surface area contributed by atoms with Crippen molar-refractivity contribution in [1.29, 1.82) is 0 Å². The highest BCUT2D eigenvalue weighted by molar-refractivity contribution is 7.84. The molecule has 0 amide bonds.